The third kappa shape index (κ3) is 4.91. The molecule has 2 saturated heterocycles. The summed E-state index contributed by atoms with van der Waals surface area (Å²) in [5, 5.41) is 0. The normalized spacial score (nSPS) is 26.8. The molecule has 106 valence electrons. The average molecular weight is 366 g/mol. The molecule has 0 saturated carbocycles. The zero-order valence-corrected chi connectivity index (χ0v) is 13.8. The van der Waals surface area contributed by atoms with Crippen molar-refractivity contribution >= 4 is 29.9 Å². The van der Waals surface area contributed by atoms with Crippen molar-refractivity contribution in [1.82, 2.24) is 9.80 Å². The van der Waals surface area contributed by atoms with Crippen LogP contribution in [0.3, 0.4) is 0 Å². The second kappa shape index (κ2) is 8.19. The highest BCUT2D eigenvalue weighted by molar-refractivity contribution is 14.0. The monoisotopic (exact) mass is 366 g/mol. The van der Waals surface area contributed by atoms with Gasteiger partial charge in [0.25, 0.3) is 0 Å². The minimum atomic E-state index is 0. The first-order valence-corrected chi connectivity index (χ1v) is 6.99. The lowest BCUT2D eigenvalue weighted by Crippen LogP contribution is -2.38. The average Bonchev–Trinajstić information content (AvgIpc) is 2.58. The summed E-state index contributed by atoms with van der Waals surface area (Å²) in [5.74, 6) is 1.49. The predicted molar refractivity (Wildman–Crippen MR) is 87.5 cm³/mol. The van der Waals surface area contributed by atoms with Gasteiger partial charge in [-0.2, -0.15) is 0 Å². The van der Waals surface area contributed by atoms with Crippen LogP contribution in [-0.2, 0) is 0 Å². The predicted octanol–water partition coefficient (Wildman–Crippen LogP) is 1.75. The number of guanidine groups is 1. The van der Waals surface area contributed by atoms with Gasteiger partial charge < -0.3 is 15.5 Å². The lowest BCUT2D eigenvalue weighted by Gasteiger charge is -2.21. The number of nitrogens with zero attached hydrogens (tertiary/aromatic N) is 3. The van der Waals surface area contributed by atoms with Crippen molar-refractivity contribution in [3.63, 3.8) is 0 Å². The zero-order valence-electron chi connectivity index (χ0n) is 11.5. The van der Waals surface area contributed by atoms with Crippen LogP contribution >= 0.6 is 24.0 Å². The first-order chi connectivity index (χ1) is 8.25. The molecule has 2 heterocycles. The van der Waals surface area contributed by atoms with Crippen molar-refractivity contribution in [3.05, 3.63) is 0 Å². The molecule has 1 unspecified atom stereocenters. The van der Waals surface area contributed by atoms with Gasteiger partial charge in [0.15, 0.2) is 5.96 Å². The van der Waals surface area contributed by atoms with Crippen molar-refractivity contribution in [2.75, 3.05) is 39.8 Å². The Balaban J connectivity index is 0.00000162. The maximum absolute atomic E-state index is 6.09. The standard InChI is InChI=1S/C13H26N4.HI/c1-16-9-6-12(11-16)10-15-13(14)17-7-4-2-3-5-8-17;/h12H,2-11H2,1H3,(H2,14,15);1H. The molecule has 0 spiro atoms. The maximum atomic E-state index is 6.09. The van der Waals surface area contributed by atoms with Crippen molar-refractivity contribution in [2.45, 2.75) is 32.1 Å². The van der Waals surface area contributed by atoms with Crippen LogP contribution < -0.4 is 5.73 Å². The molecule has 0 aromatic heterocycles. The van der Waals surface area contributed by atoms with Crippen LogP contribution in [-0.4, -0.2) is 55.5 Å². The van der Waals surface area contributed by atoms with Gasteiger partial charge in [-0.1, -0.05) is 12.8 Å². The van der Waals surface area contributed by atoms with Gasteiger partial charge in [0, 0.05) is 26.2 Å². The number of hydrogen-bond donors (Lipinski definition) is 1. The summed E-state index contributed by atoms with van der Waals surface area (Å²) < 4.78 is 0. The summed E-state index contributed by atoms with van der Waals surface area (Å²) in [7, 11) is 2.18. The van der Waals surface area contributed by atoms with E-state index in [1.165, 1.54) is 45.2 Å². The third-order valence-corrected chi connectivity index (χ3v) is 3.93. The maximum Gasteiger partial charge on any atom is 0.191 e. The topological polar surface area (TPSA) is 44.9 Å². The van der Waals surface area contributed by atoms with E-state index < -0.39 is 0 Å². The van der Waals surface area contributed by atoms with Crippen molar-refractivity contribution in [1.29, 1.82) is 0 Å². The molecule has 5 heteroatoms. The van der Waals surface area contributed by atoms with Gasteiger partial charge in [0.05, 0.1) is 0 Å². The lowest BCUT2D eigenvalue weighted by molar-refractivity contribution is 0.395. The molecule has 0 radical (unpaired) electrons. The lowest BCUT2D eigenvalue weighted by atomic mass is 10.1. The molecular formula is C13H27IN4. The molecule has 2 fully saturated rings. The number of hydrogen-bond acceptors (Lipinski definition) is 2. The van der Waals surface area contributed by atoms with Gasteiger partial charge in [-0.3, -0.25) is 4.99 Å². The minimum absolute atomic E-state index is 0. The summed E-state index contributed by atoms with van der Waals surface area (Å²) >= 11 is 0. The highest BCUT2D eigenvalue weighted by Gasteiger charge is 2.19. The van der Waals surface area contributed by atoms with E-state index in [0.29, 0.717) is 5.92 Å². The van der Waals surface area contributed by atoms with Crippen LogP contribution in [0, 0.1) is 5.92 Å². The van der Waals surface area contributed by atoms with Gasteiger partial charge in [0.1, 0.15) is 0 Å². The summed E-state index contributed by atoms with van der Waals surface area (Å²) in [6, 6.07) is 0. The molecule has 0 bridgehead atoms. The van der Waals surface area contributed by atoms with E-state index >= 15 is 0 Å². The molecular weight excluding hydrogens is 339 g/mol. The number of rotatable bonds is 2. The Morgan fingerprint density at radius 1 is 1.17 bits per heavy atom. The summed E-state index contributed by atoms with van der Waals surface area (Å²) in [6.07, 6.45) is 6.49. The molecule has 0 amide bonds. The van der Waals surface area contributed by atoms with E-state index in [-0.39, 0.29) is 24.0 Å². The Morgan fingerprint density at radius 3 is 2.39 bits per heavy atom. The van der Waals surface area contributed by atoms with Gasteiger partial charge in [-0.25, -0.2) is 0 Å². The van der Waals surface area contributed by atoms with Gasteiger partial charge in [-0.05, 0) is 38.8 Å². The highest BCUT2D eigenvalue weighted by atomic mass is 127. The molecule has 18 heavy (non-hydrogen) atoms. The van der Waals surface area contributed by atoms with Gasteiger partial charge in [0.2, 0.25) is 0 Å². The summed E-state index contributed by atoms with van der Waals surface area (Å²) in [4.78, 5) is 9.25. The van der Waals surface area contributed by atoms with Gasteiger partial charge in [-0.15, -0.1) is 24.0 Å². The SMILES string of the molecule is CN1CCC(CN=C(N)N2CCCCCC2)C1.I. The molecule has 2 rings (SSSR count). The molecule has 0 aliphatic carbocycles. The molecule has 2 N–H and O–H groups in total. The Labute approximate surface area is 128 Å². The van der Waals surface area contributed by atoms with Crippen molar-refractivity contribution in [2.24, 2.45) is 16.6 Å². The molecule has 2 aliphatic rings. The van der Waals surface area contributed by atoms with E-state index in [9.17, 15) is 0 Å². The Hall–Kier alpha value is -0.0400. The Morgan fingerprint density at radius 2 is 1.83 bits per heavy atom. The summed E-state index contributed by atoms with van der Waals surface area (Å²) in [5.41, 5.74) is 6.09. The molecule has 1 atom stereocenters. The number of nitrogens with two attached hydrogens (primary N) is 1. The number of aliphatic imine (C=N–C) groups is 1. The van der Waals surface area contributed by atoms with E-state index in [0.717, 1.165) is 25.6 Å². The van der Waals surface area contributed by atoms with Crippen LogP contribution in [0.1, 0.15) is 32.1 Å². The highest BCUT2D eigenvalue weighted by Crippen LogP contribution is 2.15. The van der Waals surface area contributed by atoms with Crippen molar-refractivity contribution in [3.8, 4) is 0 Å². The molecule has 0 aromatic carbocycles. The van der Waals surface area contributed by atoms with Crippen LogP contribution in [0.15, 0.2) is 4.99 Å². The fourth-order valence-electron chi connectivity index (χ4n) is 2.80. The van der Waals surface area contributed by atoms with Crippen LogP contribution in [0.25, 0.3) is 0 Å². The second-order valence-electron chi connectivity index (χ2n) is 5.52. The van der Waals surface area contributed by atoms with E-state index in [1.54, 1.807) is 0 Å². The smallest absolute Gasteiger partial charge is 0.191 e. The fraction of sp³-hybridized carbons (Fsp3) is 0.923. The van der Waals surface area contributed by atoms with E-state index in [4.69, 9.17) is 5.73 Å². The quantitative estimate of drug-likeness (QED) is 0.460. The Bertz CT molecular complexity index is 262. The molecule has 0 aromatic rings. The van der Waals surface area contributed by atoms with Crippen LogP contribution in [0.4, 0.5) is 0 Å². The molecule has 4 nitrogen and oxygen atoms in total. The van der Waals surface area contributed by atoms with Crippen molar-refractivity contribution < 1.29 is 0 Å². The second-order valence-corrected chi connectivity index (χ2v) is 5.52. The fourth-order valence-corrected chi connectivity index (χ4v) is 2.80. The largest absolute Gasteiger partial charge is 0.370 e. The number of halogens is 1. The van der Waals surface area contributed by atoms with E-state index in [2.05, 4.69) is 21.8 Å². The first kappa shape index (κ1) is 16.0. The van der Waals surface area contributed by atoms with Crippen LogP contribution in [0.2, 0.25) is 0 Å². The number of likely N-dealkylation sites (tertiary alicyclic amines) is 2. The zero-order chi connectivity index (χ0) is 12.1. The first-order valence-electron chi connectivity index (χ1n) is 6.99. The summed E-state index contributed by atoms with van der Waals surface area (Å²) in [6.45, 7) is 5.49. The van der Waals surface area contributed by atoms with Gasteiger partial charge >= 0.3 is 0 Å². The molecule has 2 aliphatic heterocycles. The van der Waals surface area contributed by atoms with E-state index in [1.807, 2.05) is 0 Å². The third-order valence-electron chi connectivity index (χ3n) is 3.93. The minimum Gasteiger partial charge on any atom is -0.370 e. The van der Waals surface area contributed by atoms with Crippen LogP contribution in [0.5, 0.6) is 0 Å². The Kier molecular flexibility index (Phi) is 7.29.